The number of nitro groups is 1. The molecule has 3 amide bonds. The van der Waals surface area contributed by atoms with Crippen molar-refractivity contribution in [3.63, 3.8) is 0 Å². The maximum atomic E-state index is 13.2. The third kappa shape index (κ3) is 5.34. The molecular formula is C28H33N5O5. The number of anilines is 2. The average Bonchev–Trinajstić information content (AvgIpc) is 3.34. The molecule has 0 spiro atoms. The zero-order valence-electron chi connectivity index (χ0n) is 21.6. The van der Waals surface area contributed by atoms with Crippen LogP contribution in [0.5, 0.6) is 0 Å². The lowest BCUT2D eigenvalue weighted by Crippen LogP contribution is -2.52. The van der Waals surface area contributed by atoms with Crippen LogP contribution in [-0.2, 0) is 14.4 Å². The summed E-state index contributed by atoms with van der Waals surface area (Å²) in [5.41, 5.74) is 2.93. The van der Waals surface area contributed by atoms with Crippen molar-refractivity contribution in [2.45, 2.75) is 26.2 Å². The molecule has 0 N–H and O–H groups in total. The molecule has 5 rings (SSSR count). The number of non-ortho nitro benzene ring substituents is 1. The first-order valence-electron chi connectivity index (χ1n) is 13.2. The Bertz CT molecular complexity index is 1200. The van der Waals surface area contributed by atoms with Crippen LogP contribution in [0.2, 0.25) is 0 Å². The number of carbonyl (C=O) groups is 3. The number of hydrogen-bond donors (Lipinski definition) is 0. The van der Waals surface area contributed by atoms with Crippen LogP contribution in [0.4, 0.5) is 17.1 Å². The number of carbonyl (C=O) groups excluding carboxylic acids is 3. The predicted molar refractivity (Wildman–Crippen MR) is 143 cm³/mol. The molecule has 0 radical (unpaired) electrons. The van der Waals surface area contributed by atoms with Crippen molar-refractivity contribution in [3.05, 3.63) is 64.2 Å². The number of likely N-dealkylation sites (tertiary alicyclic amines) is 1. The van der Waals surface area contributed by atoms with Gasteiger partial charge in [-0.25, -0.2) is 0 Å². The van der Waals surface area contributed by atoms with E-state index < -0.39 is 4.92 Å². The Morgan fingerprint density at radius 2 is 1.34 bits per heavy atom. The molecule has 3 fully saturated rings. The molecule has 3 aliphatic rings. The first-order chi connectivity index (χ1) is 18.3. The van der Waals surface area contributed by atoms with E-state index >= 15 is 0 Å². The maximum absolute atomic E-state index is 13.2. The van der Waals surface area contributed by atoms with Gasteiger partial charge in [0.25, 0.3) is 5.69 Å². The summed E-state index contributed by atoms with van der Waals surface area (Å²) in [7, 11) is 0. The Morgan fingerprint density at radius 1 is 0.789 bits per heavy atom. The van der Waals surface area contributed by atoms with Crippen molar-refractivity contribution < 1.29 is 19.3 Å². The van der Waals surface area contributed by atoms with E-state index in [0.717, 1.165) is 16.9 Å². The number of rotatable bonds is 5. The van der Waals surface area contributed by atoms with E-state index in [4.69, 9.17) is 0 Å². The zero-order valence-corrected chi connectivity index (χ0v) is 21.6. The Labute approximate surface area is 221 Å². The van der Waals surface area contributed by atoms with Gasteiger partial charge in [0.2, 0.25) is 17.7 Å². The maximum Gasteiger partial charge on any atom is 0.269 e. The molecule has 2 aromatic carbocycles. The van der Waals surface area contributed by atoms with Gasteiger partial charge in [-0.2, -0.15) is 0 Å². The standard InChI is InChI=1S/C28H33N5O5/c1-20-2-4-24(5-3-20)32-19-22(18-26(32)34)28(36)30-12-10-21(11-13-30)27(35)31-16-14-29(15-17-31)23-6-8-25(9-7-23)33(37)38/h2-9,21-22H,10-19H2,1H3. The van der Waals surface area contributed by atoms with Crippen LogP contribution in [0, 0.1) is 28.9 Å². The van der Waals surface area contributed by atoms with Gasteiger partial charge < -0.3 is 19.6 Å². The number of piperidine rings is 1. The molecule has 2 aromatic rings. The highest BCUT2D eigenvalue weighted by atomic mass is 16.6. The summed E-state index contributed by atoms with van der Waals surface area (Å²) in [5, 5.41) is 10.9. The Balaban J connectivity index is 1.09. The summed E-state index contributed by atoms with van der Waals surface area (Å²) in [6.45, 7) is 6.03. The Hall–Kier alpha value is -3.95. The molecule has 38 heavy (non-hydrogen) atoms. The molecule has 0 aromatic heterocycles. The van der Waals surface area contributed by atoms with Crippen LogP contribution in [0.25, 0.3) is 0 Å². The smallest absolute Gasteiger partial charge is 0.269 e. The van der Waals surface area contributed by atoms with Crippen molar-refractivity contribution in [1.82, 2.24) is 9.80 Å². The van der Waals surface area contributed by atoms with Crippen LogP contribution in [0.1, 0.15) is 24.8 Å². The van der Waals surface area contributed by atoms with E-state index in [1.807, 2.05) is 41.0 Å². The summed E-state index contributed by atoms with van der Waals surface area (Å²) in [5.74, 6) is -0.314. The normalized spacial score (nSPS) is 20.7. The minimum atomic E-state index is -0.410. The molecule has 3 saturated heterocycles. The summed E-state index contributed by atoms with van der Waals surface area (Å²) in [4.78, 5) is 57.0. The van der Waals surface area contributed by atoms with Crippen LogP contribution in [0.15, 0.2) is 48.5 Å². The van der Waals surface area contributed by atoms with Crippen LogP contribution >= 0.6 is 0 Å². The van der Waals surface area contributed by atoms with E-state index in [1.54, 1.807) is 17.0 Å². The third-order valence-corrected chi connectivity index (χ3v) is 7.99. The van der Waals surface area contributed by atoms with Crippen molar-refractivity contribution >= 4 is 34.8 Å². The molecule has 3 heterocycles. The summed E-state index contributed by atoms with van der Waals surface area (Å²) >= 11 is 0. The fraction of sp³-hybridized carbons (Fsp3) is 0.464. The quantitative estimate of drug-likeness (QED) is 0.444. The topological polar surface area (TPSA) is 107 Å². The highest BCUT2D eigenvalue weighted by Gasteiger charge is 2.39. The first-order valence-corrected chi connectivity index (χ1v) is 13.2. The third-order valence-electron chi connectivity index (χ3n) is 7.99. The van der Waals surface area contributed by atoms with Crippen molar-refractivity contribution in [1.29, 1.82) is 0 Å². The van der Waals surface area contributed by atoms with Gasteiger partial charge in [-0.3, -0.25) is 24.5 Å². The summed E-state index contributed by atoms with van der Waals surface area (Å²) in [6, 6.07) is 14.3. The minimum Gasteiger partial charge on any atom is -0.368 e. The van der Waals surface area contributed by atoms with E-state index in [9.17, 15) is 24.5 Å². The van der Waals surface area contributed by atoms with Gasteiger partial charge in [0, 0.05) is 81.7 Å². The predicted octanol–water partition coefficient (Wildman–Crippen LogP) is 2.84. The second-order valence-electron chi connectivity index (χ2n) is 10.4. The summed E-state index contributed by atoms with van der Waals surface area (Å²) < 4.78 is 0. The zero-order chi connectivity index (χ0) is 26.8. The van der Waals surface area contributed by atoms with Gasteiger partial charge in [0.05, 0.1) is 10.8 Å². The lowest BCUT2D eigenvalue weighted by molar-refractivity contribution is -0.384. The Morgan fingerprint density at radius 3 is 1.95 bits per heavy atom. The number of nitro benzene ring substituents is 1. The molecule has 10 nitrogen and oxygen atoms in total. The van der Waals surface area contributed by atoms with Crippen LogP contribution in [-0.4, -0.2) is 78.3 Å². The van der Waals surface area contributed by atoms with Crippen molar-refractivity contribution in [2.24, 2.45) is 11.8 Å². The monoisotopic (exact) mass is 519 g/mol. The molecule has 1 unspecified atom stereocenters. The summed E-state index contributed by atoms with van der Waals surface area (Å²) in [6.07, 6.45) is 1.50. The SMILES string of the molecule is Cc1ccc(N2CC(C(=O)N3CCC(C(=O)N4CCN(c5ccc([N+](=O)[O-])cc5)CC4)CC3)CC2=O)cc1. The van der Waals surface area contributed by atoms with Gasteiger partial charge in [-0.15, -0.1) is 0 Å². The molecule has 1 atom stereocenters. The van der Waals surface area contributed by atoms with Crippen LogP contribution in [0.3, 0.4) is 0 Å². The second-order valence-corrected chi connectivity index (χ2v) is 10.4. The second kappa shape index (κ2) is 10.8. The Kier molecular flexibility index (Phi) is 7.31. The van der Waals surface area contributed by atoms with Gasteiger partial charge in [0.1, 0.15) is 0 Å². The van der Waals surface area contributed by atoms with Crippen LogP contribution < -0.4 is 9.80 Å². The van der Waals surface area contributed by atoms with Gasteiger partial charge in [-0.1, -0.05) is 17.7 Å². The number of benzene rings is 2. The fourth-order valence-electron chi connectivity index (χ4n) is 5.68. The lowest BCUT2D eigenvalue weighted by Gasteiger charge is -2.39. The highest BCUT2D eigenvalue weighted by molar-refractivity contribution is 6.00. The number of nitrogens with zero attached hydrogens (tertiary/aromatic N) is 5. The van der Waals surface area contributed by atoms with Gasteiger partial charge in [-0.05, 0) is 44.0 Å². The molecular weight excluding hydrogens is 486 g/mol. The first kappa shape index (κ1) is 25.7. The molecule has 0 saturated carbocycles. The lowest BCUT2D eigenvalue weighted by atomic mass is 9.93. The van der Waals surface area contributed by atoms with Crippen molar-refractivity contribution in [2.75, 3.05) is 55.6 Å². The molecule has 3 aliphatic heterocycles. The molecule has 10 heteroatoms. The number of piperazine rings is 1. The largest absolute Gasteiger partial charge is 0.368 e. The molecule has 0 aliphatic carbocycles. The number of hydrogen-bond acceptors (Lipinski definition) is 6. The van der Waals surface area contributed by atoms with E-state index in [0.29, 0.717) is 58.7 Å². The average molecular weight is 520 g/mol. The molecule has 200 valence electrons. The molecule has 0 bridgehead atoms. The van der Waals surface area contributed by atoms with Crippen molar-refractivity contribution in [3.8, 4) is 0 Å². The van der Waals surface area contributed by atoms with Gasteiger partial charge >= 0.3 is 0 Å². The van der Waals surface area contributed by atoms with E-state index in [2.05, 4.69) is 4.90 Å². The number of amides is 3. The minimum absolute atomic E-state index is 0.00979. The van der Waals surface area contributed by atoms with Gasteiger partial charge in [0.15, 0.2) is 0 Å². The van der Waals surface area contributed by atoms with E-state index in [1.165, 1.54) is 12.1 Å². The van der Waals surface area contributed by atoms with E-state index in [-0.39, 0.29) is 41.7 Å². The fourth-order valence-corrected chi connectivity index (χ4v) is 5.68. The highest BCUT2D eigenvalue weighted by Crippen LogP contribution is 2.29. The number of aryl methyl sites for hydroxylation is 1.